The van der Waals surface area contributed by atoms with Crippen LogP contribution < -0.4 is 0 Å². The van der Waals surface area contributed by atoms with Crippen LogP contribution in [0.5, 0.6) is 0 Å². The number of nitrogens with zero attached hydrogens (tertiary/aromatic N) is 2. The standard InChI is InChI=1S/C18H26N2O2/c1-14-5-6-16(15(2)11-14)17-12-19(9-10-22-17)13-18(21)20-7-3-4-8-20/h5-6,11,17H,3-4,7-10,12-13H2,1-2H3/t17-/m0/s1. The monoisotopic (exact) mass is 302 g/mol. The Kier molecular flexibility index (Phi) is 4.79. The van der Waals surface area contributed by atoms with Crippen molar-refractivity contribution in [1.29, 1.82) is 0 Å². The van der Waals surface area contributed by atoms with Crippen LogP contribution in [0.3, 0.4) is 0 Å². The van der Waals surface area contributed by atoms with Crippen molar-refractivity contribution in [2.45, 2.75) is 32.8 Å². The van der Waals surface area contributed by atoms with Gasteiger partial charge in [-0.05, 0) is 37.8 Å². The average molecular weight is 302 g/mol. The van der Waals surface area contributed by atoms with Gasteiger partial charge in [-0.25, -0.2) is 0 Å². The van der Waals surface area contributed by atoms with Crippen LogP contribution in [-0.4, -0.2) is 55.0 Å². The molecule has 2 heterocycles. The first-order valence-corrected chi connectivity index (χ1v) is 8.32. The summed E-state index contributed by atoms with van der Waals surface area (Å²) in [5.41, 5.74) is 3.81. The number of morpholine rings is 1. The van der Waals surface area contributed by atoms with Gasteiger partial charge in [-0.3, -0.25) is 9.69 Å². The molecule has 0 spiro atoms. The second-order valence-electron chi connectivity index (χ2n) is 6.54. The first kappa shape index (κ1) is 15.5. The number of amides is 1. The number of aryl methyl sites for hydroxylation is 2. The van der Waals surface area contributed by atoms with Gasteiger partial charge in [0.25, 0.3) is 0 Å². The summed E-state index contributed by atoms with van der Waals surface area (Å²) >= 11 is 0. The van der Waals surface area contributed by atoms with E-state index in [1.165, 1.54) is 16.7 Å². The third-order valence-electron chi connectivity index (χ3n) is 4.74. The molecule has 2 aliphatic heterocycles. The summed E-state index contributed by atoms with van der Waals surface area (Å²) in [6, 6.07) is 6.51. The number of benzene rings is 1. The Labute approximate surface area is 133 Å². The lowest BCUT2D eigenvalue weighted by atomic mass is 10.00. The Morgan fingerprint density at radius 1 is 1.23 bits per heavy atom. The van der Waals surface area contributed by atoms with Crippen molar-refractivity contribution in [2.24, 2.45) is 0 Å². The zero-order valence-electron chi connectivity index (χ0n) is 13.7. The molecule has 22 heavy (non-hydrogen) atoms. The van der Waals surface area contributed by atoms with Gasteiger partial charge in [0.15, 0.2) is 0 Å². The minimum absolute atomic E-state index is 0.0840. The molecule has 1 aromatic carbocycles. The van der Waals surface area contributed by atoms with E-state index in [0.717, 1.165) is 39.0 Å². The van der Waals surface area contributed by atoms with Crippen LogP contribution in [0.25, 0.3) is 0 Å². The normalized spacial score (nSPS) is 23.0. The van der Waals surface area contributed by atoms with E-state index in [4.69, 9.17) is 4.74 Å². The van der Waals surface area contributed by atoms with Gasteiger partial charge in [0, 0.05) is 26.2 Å². The molecule has 0 N–H and O–H groups in total. The van der Waals surface area contributed by atoms with Crippen molar-refractivity contribution in [3.8, 4) is 0 Å². The Morgan fingerprint density at radius 3 is 2.73 bits per heavy atom. The summed E-state index contributed by atoms with van der Waals surface area (Å²) < 4.78 is 5.96. The molecule has 1 aromatic rings. The lowest BCUT2D eigenvalue weighted by molar-refractivity contribution is -0.133. The molecular weight excluding hydrogens is 276 g/mol. The van der Waals surface area contributed by atoms with Crippen LogP contribution in [0.15, 0.2) is 18.2 Å². The summed E-state index contributed by atoms with van der Waals surface area (Å²) in [4.78, 5) is 16.6. The second kappa shape index (κ2) is 6.80. The third-order valence-corrected chi connectivity index (χ3v) is 4.74. The zero-order chi connectivity index (χ0) is 15.5. The van der Waals surface area contributed by atoms with Gasteiger partial charge in [0.2, 0.25) is 5.91 Å². The molecule has 4 nitrogen and oxygen atoms in total. The highest BCUT2D eigenvalue weighted by molar-refractivity contribution is 5.78. The highest BCUT2D eigenvalue weighted by Crippen LogP contribution is 2.26. The molecule has 0 saturated carbocycles. The second-order valence-corrected chi connectivity index (χ2v) is 6.54. The molecule has 4 heteroatoms. The van der Waals surface area contributed by atoms with E-state index in [2.05, 4.69) is 36.9 Å². The van der Waals surface area contributed by atoms with Crippen molar-refractivity contribution in [3.63, 3.8) is 0 Å². The van der Waals surface area contributed by atoms with Gasteiger partial charge < -0.3 is 9.64 Å². The molecule has 120 valence electrons. The third kappa shape index (κ3) is 3.50. The Bertz CT molecular complexity index is 538. The number of carbonyl (C=O) groups excluding carboxylic acids is 1. The highest BCUT2D eigenvalue weighted by atomic mass is 16.5. The molecule has 0 aromatic heterocycles. The maximum absolute atomic E-state index is 12.3. The van der Waals surface area contributed by atoms with E-state index in [9.17, 15) is 4.79 Å². The fourth-order valence-corrected chi connectivity index (χ4v) is 3.48. The first-order valence-electron chi connectivity index (χ1n) is 8.32. The minimum Gasteiger partial charge on any atom is -0.371 e. The van der Waals surface area contributed by atoms with E-state index in [1.807, 2.05) is 4.90 Å². The van der Waals surface area contributed by atoms with Crippen LogP contribution in [0.4, 0.5) is 0 Å². The van der Waals surface area contributed by atoms with Gasteiger partial charge in [0.05, 0.1) is 19.3 Å². The number of rotatable bonds is 3. The van der Waals surface area contributed by atoms with Gasteiger partial charge in [-0.2, -0.15) is 0 Å². The fraction of sp³-hybridized carbons (Fsp3) is 0.611. The van der Waals surface area contributed by atoms with Crippen LogP contribution >= 0.6 is 0 Å². The van der Waals surface area contributed by atoms with Crippen molar-refractivity contribution in [2.75, 3.05) is 39.3 Å². The Balaban J connectivity index is 1.62. The maximum atomic E-state index is 12.3. The van der Waals surface area contributed by atoms with Gasteiger partial charge in [0.1, 0.15) is 0 Å². The smallest absolute Gasteiger partial charge is 0.236 e. The van der Waals surface area contributed by atoms with Crippen molar-refractivity contribution >= 4 is 5.91 Å². The SMILES string of the molecule is Cc1ccc([C@@H]2CN(CC(=O)N3CCCC3)CCO2)c(C)c1. The summed E-state index contributed by atoms with van der Waals surface area (Å²) in [7, 11) is 0. The molecular formula is C18H26N2O2. The molecule has 1 amide bonds. The van der Waals surface area contributed by atoms with Crippen molar-refractivity contribution < 1.29 is 9.53 Å². The Morgan fingerprint density at radius 2 is 2.00 bits per heavy atom. The number of likely N-dealkylation sites (tertiary alicyclic amines) is 1. The van der Waals surface area contributed by atoms with E-state index < -0.39 is 0 Å². The largest absolute Gasteiger partial charge is 0.371 e. The van der Waals surface area contributed by atoms with Gasteiger partial charge in [-0.15, -0.1) is 0 Å². The fourth-order valence-electron chi connectivity index (χ4n) is 3.48. The van der Waals surface area contributed by atoms with Crippen LogP contribution in [0, 0.1) is 13.8 Å². The molecule has 0 aliphatic carbocycles. The number of carbonyl (C=O) groups is 1. The summed E-state index contributed by atoms with van der Waals surface area (Å²) in [6.07, 6.45) is 2.39. The molecule has 0 unspecified atom stereocenters. The van der Waals surface area contributed by atoms with Crippen molar-refractivity contribution in [1.82, 2.24) is 9.80 Å². The molecule has 2 saturated heterocycles. The lowest BCUT2D eigenvalue weighted by Crippen LogP contribution is -2.45. The van der Waals surface area contributed by atoms with Crippen LogP contribution in [0.1, 0.15) is 35.6 Å². The molecule has 2 aliphatic rings. The maximum Gasteiger partial charge on any atom is 0.236 e. The minimum atomic E-state index is 0.0840. The predicted octanol–water partition coefficient (Wildman–Crippen LogP) is 2.30. The molecule has 2 fully saturated rings. The average Bonchev–Trinajstić information content (AvgIpc) is 3.02. The summed E-state index contributed by atoms with van der Waals surface area (Å²) in [5.74, 6) is 0.277. The number of hydrogen-bond donors (Lipinski definition) is 0. The van der Waals surface area contributed by atoms with E-state index in [0.29, 0.717) is 13.2 Å². The number of hydrogen-bond acceptors (Lipinski definition) is 3. The topological polar surface area (TPSA) is 32.8 Å². The molecule has 3 rings (SSSR count). The summed E-state index contributed by atoms with van der Waals surface area (Å²) in [6.45, 7) is 9.01. The van der Waals surface area contributed by atoms with Gasteiger partial charge >= 0.3 is 0 Å². The van der Waals surface area contributed by atoms with E-state index in [-0.39, 0.29) is 12.0 Å². The Hall–Kier alpha value is -1.39. The van der Waals surface area contributed by atoms with E-state index in [1.54, 1.807) is 0 Å². The van der Waals surface area contributed by atoms with Crippen LogP contribution in [-0.2, 0) is 9.53 Å². The molecule has 0 radical (unpaired) electrons. The first-order chi connectivity index (χ1) is 10.6. The summed E-state index contributed by atoms with van der Waals surface area (Å²) in [5, 5.41) is 0. The highest BCUT2D eigenvalue weighted by Gasteiger charge is 2.26. The lowest BCUT2D eigenvalue weighted by Gasteiger charge is -2.34. The predicted molar refractivity (Wildman–Crippen MR) is 86.9 cm³/mol. The van der Waals surface area contributed by atoms with Crippen molar-refractivity contribution in [3.05, 3.63) is 34.9 Å². The van der Waals surface area contributed by atoms with Gasteiger partial charge in [-0.1, -0.05) is 23.8 Å². The van der Waals surface area contributed by atoms with Crippen LogP contribution in [0.2, 0.25) is 0 Å². The zero-order valence-corrected chi connectivity index (χ0v) is 13.7. The number of ether oxygens (including phenoxy) is 1. The molecule has 0 bridgehead atoms. The quantitative estimate of drug-likeness (QED) is 0.859. The molecule has 1 atom stereocenters. The van der Waals surface area contributed by atoms with E-state index >= 15 is 0 Å².